The smallest absolute Gasteiger partial charge is 0.0645 e. The predicted molar refractivity (Wildman–Crippen MR) is 157 cm³/mol. The molecule has 0 bridgehead atoms. The summed E-state index contributed by atoms with van der Waals surface area (Å²) in [5, 5.41) is 0. The van der Waals surface area contributed by atoms with Crippen molar-refractivity contribution >= 4 is 0 Å². The van der Waals surface area contributed by atoms with Crippen molar-refractivity contribution in [1.29, 1.82) is 0 Å². The van der Waals surface area contributed by atoms with Crippen LogP contribution in [0.5, 0.6) is 0 Å². The molecule has 205 valence electrons. The van der Waals surface area contributed by atoms with E-state index in [-0.39, 0.29) is 66.6 Å². The number of halogens is 1. The molecule has 0 unspecified atom stereocenters. The average Bonchev–Trinajstić information content (AvgIpc) is 3.01. The second kappa shape index (κ2) is 13.7. The molecule has 0 atom stereocenters. The standard InChI is InChI=1S/C25H26N.C11H7FN.Ir/c1-25(2)15-12-21(13-16-25)19-8-10-20(11-9-19)23-14-17-26-24(18-23)22-6-4-3-5-7-22;12-10-6-4-9(5-7-10)11-3-1-2-8-13-11;/h3-6,8-11,14,17-18,21H,12-13,15-16H2,1-2H3;1-4,6-8H;/q2*-1;/i10D,11D,14D,18D,21D;;. The van der Waals surface area contributed by atoms with Crippen molar-refractivity contribution in [2.45, 2.75) is 45.4 Å². The number of hydrogen-bond donors (Lipinski definition) is 0. The Morgan fingerprint density at radius 1 is 0.825 bits per heavy atom. The molecule has 2 aromatic heterocycles. The fourth-order valence-corrected chi connectivity index (χ4v) is 4.50. The Balaban J connectivity index is 0.000000275. The summed E-state index contributed by atoms with van der Waals surface area (Å²) in [7, 11) is 0. The zero-order chi connectivity index (χ0) is 31.5. The van der Waals surface area contributed by atoms with Crippen molar-refractivity contribution in [1.82, 2.24) is 9.97 Å². The Hall–Kier alpha value is -3.46. The van der Waals surface area contributed by atoms with Crippen LogP contribution in [0.1, 0.15) is 57.8 Å². The van der Waals surface area contributed by atoms with E-state index in [1.54, 1.807) is 36.5 Å². The maximum Gasteiger partial charge on any atom is 0.0645 e. The number of hydrogen-bond acceptors (Lipinski definition) is 2. The first kappa shape index (κ1) is 23.3. The van der Waals surface area contributed by atoms with E-state index in [1.165, 1.54) is 18.3 Å². The third kappa shape index (κ3) is 7.81. The predicted octanol–water partition coefficient (Wildman–Crippen LogP) is 9.58. The van der Waals surface area contributed by atoms with Crippen LogP contribution < -0.4 is 0 Å². The van der Waals surface area contributed by atoms with Gasteiger partial charge in [0.25, 0.3) is 0 Å². The summed E-state index contributed by atoms with van der Waals surface area (Å²) in [6.07, 6.45) is 6.35. The molecule has 40 heavy (non-hydrogen) atoms. The van der Waals surface area contributed by atoms with E-state index in [4.69, 9.17) is 6.85 Å². The Labute approximate surface area is 258 Å². The molecule has 2 heterocycles. The van der Waals surface area contributed by atoms with Gasteiger partial charge in [0.2, 0.25) is 0 Å². The molecule has 1 aliphatic rings. The van der Waals surface area contributed by atoms with Gasteiger partial charge in [-0.2, -0.15) is 0 Å². The van der Waals surface area contributed by atoms with Crippen LogP contribution in [0.2, 0.25) is 0 Å². The number of pyridine rings is 2. The molecule has 4 heteroatoms. The molecule has 0 amide bonds. The minimum absolute atomic E-state index is 0. The van der Waals surface area contributed by atoms with Gasteiger partial charge in [0.05, 0.1) is 5.48 Å². The van der Waals surface area contributed by atoms with Crippen LogP contribution in [0.4, 0.5) is 4.39 Å². The summed E-state index contributed by atoms with van der Waals surface area (Å²) in [6, 6.07) is 26.6. The molecule has 1 fully saturated rings. The fraction of sp³-hybridized carbons (Fsp3) is 0.222. The summed E-state index contributed by atoms with van der Waals surface area (Å²) in [5.41, 5.74) is 4.01. The molecular formula is C36H33FIrN2-2. The molecule has 0 aliphatic heterocycles. The van der Waals surface area contributed by atoms with Crippen LogP contribution >= 0.6 is 0 Å². The van der Waals surface area contributed by atoms with Crippen LogP contribution in [0.3, 0.4) is 0 Å². The van der Waals surface area contributed by atoms with Crippen LogP contribution in [-0.2, 0) is 20.1 Å². The Kier molecular flexibility index (Phi) is 7.99. The molecule has 0 saturated heterocycles. The molecule has 1 radical (unpaired) electrons. The van der Waals surface area contributed by atoms with Gasteiger partial charge in [-0.1, -0.05) is 56.2 Å². The van der Waals surface area contributed by atoms with Crippen molar-refractivity contribution < 1.29 is 31.3 Å². The van der Waals surface area contributed by atoms with Gasteiger partial charge >= 0.3 is 0 Å². The zero-order valence-corrected chi connectivity index (χ0v) is 24.9. The van der Waals surface area contributed by atoms with E-state index < -0.39 is 5.89 Å². The topological polar surface area (TPSA) is 25.8 Å². The molecular weight excluding hydrogens is 672 g/mol. The summed E-state index contributed by atoms with van der Waals surface area (Å²) < 4.78 is 55.8. The summed E-state index contributed by atoms with van der Waals surface area (Å²) >= 11 is 0. The van der Waals surface area contributed by atoms with Crippen LogP contribution in [0, 0.1) is 23.4 Å². The third-order valence-corrected chi connectivity index (χ3v) is 6.94. The van der Waals surface area contributed by atoms with Crippen LogP contribution in [-0.4, -0.2) is 9.97 Å². The monoisotopic (exact) mass is 710 g/mol. The van der Waals surface area contributed by atoms with E-state index in [0.29, 0.717) is 29.7 Å². The normalized spacial score (nSPS) is 16.9. The molecule has 0 spiro atoms. The molecule has 0 N–H and O–H groups in total. The van der Waals surface area contributed by atoms with Crippen molar-refractivity contribution in [3.63, 3.8) is 0 Å². The van der Waals surface area contributed by atoms with Gasteiger partial charge in [0.15, 0.2) is 0 Å². The molecule has 2 nitrogen and oxygen atoms in total. The summed E-state index contributed by atoms with van der Waals surface area (Å²) in [4.78, 5) is 8.38. The number of rotatable bonds is 4. The Morgan fingerprint density at radius 3 is 2.20 bits per heavy atom. The molecule has 6 rings (SSSR count). The summed E-state index contributed by atoms with van der Waals surface area (Å²) in [6.45, 7) is 4.44. The maximum atomic E-state index is 12.6. The van der Waals surface area contributed by atoms with Gasteiger partial charge in [-0.3, -0.25) is 4.39 Å². The maximum absolute atomic E-state index is 12.6. The number of nitrogens with zero attached hydrogens (tertiary/aromatic N) is 2. The average molecular weight is 710 g/mol. The Bertz CT molecular complexity index is 1720. The fourth-order valence-electron chi connectivity index (χ4n) is 4.50. The molecule has 5 aromatic rings. The first-order chi connectivity index (χ1) is 21.0. The zero-order valence-electron chi connectivity index (χ0n) is 27.5. The van der Waals surface area contributed by atoms with E-state index in [0.717, 1.165) is 24.1 Å². The largest absolute Gasteiger partial charge is 0.305 e. The van der Waals surface area contributed by atoms with Crippen molar-refractivity contribution in [3.05, 3.63) is 133 Å². The van der Waals surface area contributed by atoms with Gasteiger partial charge in [-0.15, -0.1) is 65.7 Å². The van der Waals surface area contributed by atoms with Crippen molar-refractivity contribution in [3.8, 4) is 33.6 Å². The number of benzene rings is 3. The van der Waals surface area contributed by atoms with Crippen molar-refractivity contribution in [2.75, 3.05) is 0 Å². The first-order valence-corrected chi connectivity index (χ1v) is 13.1. The van der Waals surface area contributed by atoms with Gasteiger partial charge in [0.1, 0.15) is 0 Å². The van der Waals surface area contributed by atoms with E-state index in [2.05, 4.69) is 35.9 Å². The SMILES string of the molecule is Fc1c[c-]c(-c2ccccn2)cc1.[2H]c1cc(C2([2H])CCC(C)(C)CC2)cc([2H])c1-c1c([2H])cnc(-c2[c-]cccc2)c1[2H].[Ir]. The minimum atomic E-state index is -0.796. The van der Waals surface area contributed by atoms with E-state index in [9.17, 15) is 4.39 Å². The molecule has 3 aromatic carbocycles. The van der Waals surface area contributed by atoms with Crippen LogP contribution in [0.25, 0.3) is 33.6 Å². The van der Waals surface area contributed by atoms with Crippen molar-refractivity contribution in [2.24, 2.45) is 5.41 Å². The number of aromatic nitrogens is 2. The van der Waals surface area contributed by atoms with Gasteiger partial charge in [-0.25, -0.2) is 0 Å². The molecule has 1 aliphatic carbocycles. The summed E-state index contributed by atoms with van der Waals surface area (Å²) in [5.74, 6) is -1.07. The van der Waals surface area contributed by atoms with Gasteiger partial charge in [0, 0.05) is 39.7 Å². The second-order valence-corrected chi connectivity index (χ2v) is 10.3. The molecule has 1 saturated carbocycles. The second-order valence-electron chi connectivity index (χ2n) is 10.3. The third-order valence-electron chi connectivity index (χ3n) is 6.94. The quantitative estimate of drug-likeness (QED) is 0.174. The Morgan fingerprint density at radius 2 is 1.55 bits per heavy atom. The minimum Gasteiger partial charge on any atom is -0.305 e. The first-order valence-electron chi connectivity index (χ1n) is 15.6. The van der Waals surface area contributed by atoms with Gasteiger partial charge < -0.3 is 9.97 Å². The van der Waals surface area contributed by atoms with Crippen LogP contribution in [0.15, 0.2) is 109 Å². The van der Waals surface area contributed by atoms with E-state index in [1.807, 2.05) is 30.3 Å². The van der Waals surface area contributed by atoms with Gasteiger partial charge in [-0.05, 0) is 77.2 Å². The van der Waals surface area contributed by atoms with E-state index >= 15 is 0 Å².